The van der Waals surface area contributed by atoms with Crippen LogP contribution in [0.3, 0.4) is 0 Å². The molecule has 0 saturated carbocycles. The minimum Gasteiger partial charge on any atom is -0.393 e. The number of aliphatic hydroxyl groups excluding tert-OH is 1. The van der Waals surface area contributed by atoms with Crippen LogP contribution in [-0.4, -0.2) is 41.8 Å². The Labute approximate surface area is 144 Å². The molecule has 1 fully saturated rings. The minimum atomic E-state index is -0.149. The number of amides is 2. The van der Waals surface area contributed by atoms with E-state index in [1.54, 1.807) is 0 Å². The van der Waals surface area contributed by atoms with E-state index in [2.05, 4.69) is 27.7 Å². The van der Waals surface area contributed by atoms with E-state index in [-0.39, 0.29) is 12.1 Å². The van der Waals surface area contributed by atoms with E-state index in [1.807, 2.05) is 31.2 Å². The zero-order chi connectivity index (χ0) is 17.2. The Hall–Kier alpha value is -1.85. The Kier molecular flexibility index (Phi) is 7.79. The van der Waals surface area contributed by atoms with Crippen molar-refractivity contribution < 1.29 is 9.90 Å². The highest BCUT2D eigenvalue weighted by atomic mass is 16.3. The Balaban J connectivity index is 1.81. The number of nitrogens with one attached hydrogen (secondary N) is 2. The van der Waals surface area contributed by atoms with Crippen LogP contribution in [0.2, 0.25) is 0 Å². The summed E-state index contributed by atoms with van der Waals surface area (Å²) >= 11 is 0. The first-order chi connectivity index (χ1) is 11.7. The smallest absolute Gasteiger partial charge is 0.315 e. The molecular weight excluding hydrogens is 302 g/mol. The van der Waals surface area contributed by atoms with Gasteiger partial charge in [-0.2, -0.15) is 0 Å². The number of carbonyl (C=O) groups excluding carboxylic acids is 1. The van der Waals surface area contributed by atoms with E-state index in [9.17, 15) is 9.90 Å². The first kappa shape index (κ1) is 18.5. The van der Waals surface area contributed by atoms with Crippen molar-refractivity contribution in [3.05, 3.63) is 47.5 Å². The van der Waals surface area contributed by atoms with Gasteiger partial charge in [0, 0.05) is 32.7 Å². The maximum Gasteiger partial charge on any atom is 0.315 e. The molecule has 1 heterocycles. The summed E-state index contributed by atoms with van der Waals surface area (Å²) < 4.78 is 0. The van der Waals surface area contributed by atoms with Crippen molar-refractivity contribution in [2.75, 3.05) is 19.6 Å². The van der Waals surface area contributed by atoms with Crippen molar-refractivity contribution in [1.82, 2.24) is 15.5 Å². The van der Waals surface area contributed by atoms with Gasteiger partial charge in [-0.15, -0.1) is 0 Å². The summed E-state index contributed by atoms with van der Waals surface area (Å²) in [5.74, 6) is 0. The number of rotatable bonds is 7. The van der Waals surface area contributed by atoms with E-state index in [0.29, 0.717) is 13.1 Å². The van der Waals surface area contributed by atoms with Crippen molar-refractivity contribution in [2.24, 2.45) is 0 Å². The standard InChI is InChI=1S/C19H29N3O2/c1-2-3-6-11-20-19(24)21-14-16-7-4-5-8-17(16)15-22-12-9-18(23)10-13-22/h2-5,7-8,18,23H,6,9-15H2,1H3,(H2,20,21,24). The van der Waals surface area contributed by atoms with Crippen LogP contribution in [0.1, 0.15) is 37.3 Å². The SMILES string of the molecule is CC=CCCNC(=O)NCc1ccccc1CN1CCC(O)CC1. The number of carbonyl (C=O) groups is 1. The molecular formula is C19H29N3O2. The molecule has 1 aliphatic rings. The highest BCUT2D eigenvalue weighted by Crippen LogP contribution is 2.16. The molecule has 0 spiro atoms. The van der Waals surface area contributed by atoms with Gasteiger partial charge in [-0.3, -0.25) is 4.90 Å². The molecule has 3 N–H and O–H groups in total. The fraction of sp³-hybridized carbons (Fsp3) is 0.526. The summed E-state index contributed by atoms with van der Waals surface area (Å²) in [6.45, 7) is 5.87. The third-order valence-corrected chi connectivity index (χ3v) is 4.34. The van der Waals surface area contributed by atoms with Crippen LogP contribution in [-0.2, 0) is 13.1 Å². The number of likely N-dealkylation sites (tertiary alicyclic amines) is 1. The van der Waals surface area contributed by atoms with E-state index < -0.39 is 0 Å². The highest BCUT2D eigenvalue weighted by Gasteiger charge is 2.17. The summed E-state index contributed by atoms with van der Waals surface area (Å²) in [7, 11) is 0. The Morgan fingerprint density at radius 1 is 1.25 bits per heavy atom. The van der Waals surface area contributed by atoms with Crippen molar-refractivity contribution in [3.63, 3.8) is 0 Å². The molecule has 1 aliphatic heterocycles. The molecule has 1 aromatic carbocycles. The molecule has 0 aliphatic carbocycles. The molecule has 132 valence electrons. The number of hydrogen-bond donors (Lipinski definition) is 3. The van der Waals surface area contributed by atoms with E-state index in [4.69, 9.17) is 0 Å². The second kappa shape index (κ2) is 10.1. The lowest BCUT2D eigenvalue weighted by atomic mass is 10.0. The third-order valence-electron chi connectivity index (χ3n) is 4.34. The number of benzene rings is 1. The Bertz CT molecular complexity index is 537. The largest absolute Gasteiger partial charge is 0.393 e. The lowest BCUT2D eigenvalue weighted by Crippen LogP contribution is -2.37. The fourth-order valence-electron chi connectivity index (χ4n) is 2.88. The lowest BCUT2D eigenvalue weighted by Gasteiger charge is -2.30. The maximum atomic E-state index is 11.8. The summed E-state index contributed by atoms with van der Waals surface area (Å²) in [6, 6.07) is 8.09. The van der Waals surface area contributed by atoms with Gasteiger partial charge >= 0.3 is 6.03 Å². The van der Waals surface area contributed by atoms with Crippen LogP contribution in [0.15, 0.2) is 36.4 Å². The van der Waals surface area contributed by atoms with E-state index in [0.717, 1.165) is 44.5 Å². The van der Waals surface area contributed by atoms with Crippen molar-refractivity contribution >= 4 is 6.03 Å². The topological polar surface area (TPSA) is 64.6 Å². The Morgan fingerprint density at radius 3 is 2.67 bits per heavy atom. The number of aliphatic hydroxyl groups is 1. The molecule has 0 bridgehead atoms. The first-order valence-corrected chi connectivity index (χ1v) is 8.79. The lowest BCUT2D eigenvalue weighted by molar-refractivity contribution is 0.0791. The molecule has 0 atom stereocenters. The van der Waals surface area contributed by atoms with Crippen LogP contribution >= 0.6 is 0 Å². The molecule has 24 heavy (non-hydrogen) atoms. The number of piperidine rings is 1. The summed E-state index contributed by atoms with van der Waals surface area (Å²) in [5.41, 5.74) is 2.38. The summed E-state index contributed by atoms with van der Waals surface area (Å²) in [5, 5.41) is 15.4. The highest BCUT2D eigenvalue weighted by molar-refractivity contribution is 5.73. The molecule has 0 aromatic heterocycles. The van der Waals surface area contributed by atoms with Crippen LogP contribution < -0.4 is 10.6 Å². The molecule has 0 radical (unpaired) electrons. The van der Waals surface area contributed by atoms with Crippen molar-refractivity contribution in [1.29, 1.82) is 0 Å². The van der Waals surface area contributed by atoms with Crippen molar-refractivity contribution in [2.45, 2.75) is 45.4 Å². The number of urea groups is 1. The van der Waals surface area contributed by atoms with Gasteiger partial charge in [0.2, 0.25) is 0 Å². The van der Waals surface area contributed by atoms with Crippen LogP contribution in [0.25, 0.3) is 0 Å². The zero-order valence-electron chi connectivity index (χ0n) is 14.5. The average Bonchev–Trinajstić information content (AvgIpc) is 2.60. The normalized spacial score (nSPS) is 16.4. The number of allylic oxidation sites excluding steroid dienone is 1. The van der Waals surface area contributed by atoms with Crippen LogP contribution in [0.4, 0.5) is 4.79 Å². The molecule has 1 aromatic rings. The molecule has 2 rings (SSSR count). The molecule has 5 heteroatoms. The van der Waals surface area contributed by atoms with Gasteiger partial charge < -0.3 is 15.7 Å². The minimum absolute atomic E-state index is 0.129. The molecule has 5 nitrogen and oxygen atoms in total. The predicted octanol–water partition coefficient (Wildman–Crippen LogP) is 2.41. The van der Waals surface area contributed by atoms with E-state index in [1.165, 1.54) is 5.56 Å². The summed E-state index contributed by atoms with van der Waals surface area (Å²) in [4.78, 5) is 14.2. The quantitative estimate of drug-likeness (QED) is 0.531. The molecule has 2 amide bonds. The van der Waals surface area contributed by atoms with Crippen LogP contribution in [0, 0.1) is 0 Å². The molecule has 0 unspecified atom stereocenters. The second-order valence-corrected chi connectivity index (χ2v) is 6.24. The Morgan fingerprint density at radius 2 is 1.96 bits per heavy atom. The van der Waals surface area contributed by atoms with Crippen LogP contribution in [0.5, 0.6) is 0 Å². The average molecular weight is 331 g/mol. The predicted molar refractivity (Wildman–Crippen MR) is 96.6 cm³/mol. The molecule has 1 saturated heterocycles. The summed E-state index contributed by atoms with van der Waals surface area (Å²) in [6.07, 6.45) is 6.40. The van der Waals surface area contributed by atoms with Gasteiger partial charge in [0.25, 0.3) is 0 Å². The third kappa shape index (κ3) is 6.34. The van der Waals surface area contributed by atoms with Gasteiger partial charge in [0.05, 0.1) is 6.10 Å². The van der Waals surface area contributed by atoms with Gasteiger partial charge in [0.1, 0.15) is 0 Å². The van der Waals surface area contributed by atoms with Gasteiger partial charge in [-0.1, -0.05) is 36.4 Å². The number of hydrogen-bond acceptors (Lipinski definition) is 3. The number of nitrogens with zero attached hydrogens (tertiary/aromatic N) is 1. The second-order valence-electron chi connectivity index (χ2n) is 6.24. The van der Waals surface area contributed by atoms with E-state index >= 15 is 0 Å². The fourth-order valence-corrected chi connectivity index (χ4v) is 2.88. The van der Waals surface area contributed by atoms with Gasteiger partial charge in [-0.05, 0) is 37.3 Å². The monoisotopic (exact) mass is 331 g/mol. The van der Waals surface area contributed by atoms with Gasteiger partial charge in [-0.25, -0.2) is 4.79 Å². The van der Waals surface area contributed by atoms with Gasteiger partial charge in [0.15, 0.2) is 0 Å². The first-order valence-electron chi connectivity index (χ1n) is 8.79. The maximum absolute atomic E-state index is 11.8. The van der Waals surface area contributed by atoms with Crippen molar-refractivity contribution in [3.8, 4) is 0 Å². The zero-order valence-corrected chi connectivity index (χ0v) is 14.5.